The lowest BCUT2D eigenvalue weighted by Gasteiger charge is -2.27. The number of unbranched alkanes of at least 4 members (excludes halogenated alkanes) is 3. The second-order valence-electron chi connectivity index (χ2n) is 10.1. The van der Waals surface area contributed by atoms with Crippen molar-refractivity contribution < 1.29 is 24.2 Å². The summed E-state index contributed by atoms with van der Waals surface area (Å²) < 4.78 is 5.53. The number of alkyl carbamates (subject to hydrolysis) is 1. The number of hydrogen-bond donors (Lipinski definition) is 3. The van der Waals surface area contributed by atoms with Crippen LogP contribution in [0.3, 0.4) is 0 Å². The Hall–Kier alpha value is -3.35. The van der Waals surface area contributed by atoms with Crippen LogP contribution in [-0.4, -0.2) is 42.3 Å². The molecule has 2 aromatic carbocycles. The molecule has 0 heterocycles. The Balaban J connectivity index is 1.31. The van der Waals surface area contributed by atoms with Gasteiger partial charge in [-0.3, -0.25) is 4.79 Å². The first-order valence-electron chi connectivity index (χ1n) is 12.3. The topological polar surface area (TPSA) is 105 Å². The number of carboxylic acid groups (broad SMARTS) is 1. The third kappa shape index (κ3) is 7.07. The third-order valence-electron chi connectivity index (χ3n) is 6.36. The van der Waals surface area contributed by atoms with Crippen molar-refractivity contribution in [2.75, 3.05) is 13.2 Å². The molecular weight excluding hydrogens is 444 g/mol. The number of aliphatic carboxylic acids is 1. The highest BCUT2D eigenvalue weighted by atomic mass is 16.5. The lowest BCUT2D eigenvalue weighted by atomic mass is 9.86. The lowest BCUT2D eigenvalue weighted by molar-refractivity contribution is -0.145. The van der Waals surface area contributed by atoms with Crippen LogP contribution in [0.4, 0.5) is 4.79 Å². The molecule has 0 saturated carbocycles. The van der Waals surface area contributed by atoms with E-state index in [2.05, 4.69) is 34.9 Å². The normalized spacial score (nSPS) is 13.5. The number of hydrogen-bond acceptors (Lipinski definition) is 4. The molecule has 0 spiro atoms. The van der Waals surface area contributed by atoms with Gasteiger partial charge in [0, 0.05) is 18.9 Å². The first kappa shape index (κ1) is 26.3. The van der Waals surface area contributed by atoms with Crippen LogP contribution in [0.5, 0.6) is 0 Å². The summed E-state index contributed by atoms with van der Waals surface area (Å²) in [6.07, 6.45) is 3.01. The van der Waals surface area contributed by atoms with Crippen molar-refractivity contribution >= 4 is 18.0 Å². The summed E-state index contributed by atoms with van der Waals surface area (Å²) in [5.41, 5.74) is 4.21. The molecule has 0 saturated heterocycles. The molecule has 7 heteroatoms. The van der Waals surface area contributed by atoms with Crippen molar-refractivity contribution in [1.82, 2.24) is 10.6 Å². The van der Waals surface area contributed by atoms with Crippen molar-refractivity contribution in [2.45, 2.75) is 64.8 Å². The largest absolute Gasteiger partial charge is 0.480 e. The average Bonchev–Trinajstić information content (AvgIpc) is 3.13. The van der Waals surface area contributed by atoms with Crippen LogP contribution in [0.2, 0.25) is 0 Å². The molecular formula is C28H36N2O5. The fourth-order valence-corrected chi connectivity index (χ4v) is 4.49. The van der Waals surface area contributed by atoms with Gasteiger partial charge in [0.25, 0.3) is 0 Å². The van der Waals surface area contributed by atoms with Crippen molar-refractivity contribution in [3.8, 4) is 11.1 Å². The second kappa shape index (κ2) is 11.9. The Labute approximate surface area is 207 Å². The lowest BCUT2D eigenvalue weighted by Crippen LogP contribution is -2.49. The number of carboxylic acids is 1. The first-order chi connectivity index (χ1) is 16.7. The van der Waals surface area contributed by atoms with Crippen molar-refractivity contribution in [1.29, 1.82) is 0 Å². The van der Waals surface area contributed by atoms with Crippen LogP contribution in [0.25, 0.3) is 11.1 Å². The highest BCUT2D eigenvalue weighted by Crippen LogP contribution is 2.44. The van der Waals surface area contributed by atoms with Gasteiger partial charge >= 0.3 is 12.1 Å². The molecule has 2 amide bonds. The van der Waals surface area contributed by atoms with Gasteiger partial charge < -0.3 is 20.5 Å². The van der Waals surface area contributed by atoms with Gasteiger partial charge in [-0.25, -0.2) is 9.59 Å². The average molecular weight is 481 g/mol. The molecule has 35 heavy (non-hydrogen) atoms. The van der Waals surface area contributed by atoms with Crippen LogP contribution >= 0.6 is 0 Å². The van der Waals surface area contributed by atoms with Gasteiger partial charge in [0.1, 0.15) is 12.6 Å². The predicted octanol–water partition coefficient (Wildman–Crippen LogP) is 5.09. The number of ether oxygens (including phenoxy) is 1. The molecule has 3 N–H and O–H groups in total. The monoisotopic (exact) mass is 480 g/mol. The zero-order valence-electron chi connectivity index (χ0n) is 20.8. The molecule has 7 nitrogen and oxygen atoms in total. The van der Waals surface area contributed by atoms with Gasteiger partial charge in [-0.1, -0.05) is 82.1 Å². The van der Waals surface area contributed by atoms with E-state index < -0.39 is 23.5 Å². The van der Waals surface area contributed by atoms with Gasteiger partial charge in [0.2, 0.25) is 5.91 Å². The Bertz CT molecular complexity index is 998. The standard InChI is InChI=1S/C28H36N2O5/c1-28(2,3)25(26(32)33)30-24(31)16-6-4-5-11-17-29-27(34)35-18-23-21-14-9-7-12-19(21)20-13-8-10-15-22(20)23/h7-10,12-15,23,25H,4-6,11,16-18H2,1-3H3,(H,29,34)(H,30,31)(H,32,33)/t25-/m0/s1. The van der Waals surface area contributed by atoms with Crippen LogP contribution in [0.15, 0.2) is 48.5 Å². The van der Waals surface area contributed by atoms with Crippen LogP contribution in [-0.2, 0) is 14.3 Å². The molecule has 1 atom stereocenters. The van der Waals surface area contributed by atoms with E-state index in [1.165, 1.54) is 22.3 Å². The molecule has 2 aromatic rings. The van der Waals surface area contributed by atoms with E-state index in [9.17, 15) is 19.5 Å². The van der Waals surface area contributed by atoms with E-state index in [4.69, 9.17) is 4.74 Å². The number of rotatable bonds is 11. The number of amides is 2. The summed E-state index contributed by atoms with van der Waals surface area (Å²) in [5.74, 6) is -1.23. The van der Waals surface area contributed by atoms with E-state index in [1.807, 2.05) is 24.3 Å². The van der Waals surface area contributed by atoms with E-state index in [0.717, 1.165) is 19.3 Å². The maximum Gasteiger partial charge on any atom is 0.407 e. The smallest absolute Gasteiger partial charge is 0.407 e. The highest BCUT2D eigenvalue weighted by Gasteiger charge is 2.32. The maximum atomic E-state index is 12.2. The van der Waals surface area contributed by atoms with Gasteiger partial charge in [0.05, 0.1) is 0 Å². The Morgan fingerprint density at radius 3 is 2.06 bits per heavy atom. The van der Waals surface area contributed by atoms with Crippen LogP contribution in [0.1, 0.15) is 69.9 Å². The summed E-state index contributed by atoms with van der Waals surface area (Å²) in [4.78, 5) is 35.6. The summed E-state index contributed by atoms with van der Waals surface area (Å²) in [6, 6.07) is 15.6. The molecule has 0 unspecified atom stereocenters. The highest BCUT2D eigenvalue weighted by molar-refractivity contribution is 5.84. The number of carbonyl (C=O) groups is 3. The minimum Gasteiger partial charge on any atom is -0.480 e. The number of benzene rings is 2. The van der Waals surface area contributed by atoms with Gasteiger partial charge in [-0.15, -0.1) is 0 Å². The number of fused-ring (bicyclic) bond motifs is 3. The molecule has 0 aliphatic heterocycles. The summed E-state index contributed by atoms with van der Waals surface area (Å²) in [7, 11) is 0. The Morgan fingerprint density at radius 2 is 1.49 bits per heavy atom. The molecule has 188 valence electrons. The van der Waals surface area contributed by atoms with E-state index in [0.29, 0.717) is 26.0 Å². The summed E-state index contributed by atoms with van der Waals surface area (Å²) in [5, 5.41) is 14.7. The van der Waals surface area contributed by atoms with Gasteiger partial charge in [-0.2, -0.15) is 0 Å². The zero-order chi connectivity index (χ0) is 25.4. The quantitative estimate of drug-likeness (QED) is 0.389. The SMILES string of the molecule is CC(C)(C)[C@@H](NC(=O)CCCCCCNC(=O)OCC1c2ccccc2-c2ccccc21)C(=O)O. The first-order valence-corrected chi connectivity index (χ1v) is 12.3. The van der Waals surface area contributed by atoms with Crippen LogP contribution < -0.4 is 10.6 Å². The Morgan fingerprint density at radius 1 is 0.914 bits per heavy atom. The van der Waals surface area contributed by atoms with Crippen LogP contribution in [0, 0.1) is 5.41 Å². The zero-order valence-corrected chi connectivity index (χ0v) is 20.8. The number of carbonyl (C=O) groups excluding carboxylic acids is 2. The molecule has 0 aromatic heterocycles. The molecule has 1 aliphatic carbocycles. The summed E-state index contributed by atoms with van der Waals surface area (Å²) in [6.45, 7) is 6.16. The fourth-order valence-electron chi connectivity index (χ4n) is 4.49. The molecule has 0 fully saturated rings. The van der Waals surface area contributed by atoms with Crippen molar-refractivity contribution in [2.24, 2.45) is 5.41 Å². The molecule has 1 aliphatic rings. The van der Waals surface area contributed by atoms with Gasteiger partial charge in [-0.05, 0) is 40.5 Å². The van der Waals surface area contributed by atoms with Crippen molar-refractivity contribution in [3.63, 3.8) is 0 Å². The molecule has 0 bridgehead atoms. The maximum absolute atomic E-state index is 12.2. The summed E-state index contributed by atoms with van der Waals surface area (Å²) >= 11 is 0. The molecule has 3 rings (SSSR count). The number of nitrogens with one attached hydrogen (secondary N) is 2. The van der Waals surface area contributed by atoms with Gasteiger partial charge in [0.15, 0.2) is 0 Å². The minimum absolute atomic E-state index is 0.0401. The van der Waals surface area contributed by atoms with Crippen molar-refractivity contribution in [3.05, 3.63) is 59.7 Å². The van der Waals surface area contributed by atoms with E-state index in [-0.39, 0.29) is 11.8 Å². The predicted molar refractivity (Wildman–Crippen MR) is 135 cm³/mol. The Kier molecular flexibility index (Phi) is 8.90. The van der Waals surface area contributed by atoms with E-state index in [1.54, 1.807) is 20.8 Å². The second-order valence-corrected chi connectivity index (χ2v) is 10.1. The minimum atomic E-state index is -1.02. The van der Waals surface area contributed by atoms with E-state index >= 15 is 0 Å². The molecule has 0 radical (unpaired) electrons. The third-order valence-corrected chi connectivity index (χ3v) is 6.36. The fraction of sp³-hybridized carbons (Fsp3) is 0.464.